The van der Waals surface area contributed by atoms with Gasteiger partial charge in [0.25, 0.3) is 0 Å². The summed E-state index contributed by atoms with van der Waals surface area (Å²) >= 11 is 0. The third kappa shape index (κ3) is 1.99. The lowest BCUT2D eigenvalue weighted by atomic mass is 10.1. The van der Waals surface area contributed by atoms with Gasteiger partial charge in [0.1, 0.15) is 17.4 Å². The minimum atomic E-state index is -0.766. The smallest absolute Gasteiger partial charge is 0.145 e. The van der Waals surface area contributed by atoms with E-state index >= 15 is 0 Å². The first-order chi connectivity index (χ1) is 10.3. The van der Waals surface area contributed by atoms with Crippen LogP contribution in [0.4, 0.5) is 0 Å². The van der Waals surface area contributed by atoms with Gasteiger partial charge in [-0.15, -0.1) is 0 Å². The lowest BCUT2D eigenvalue weighted by Gasteiger charge is -2.06. The molecule has 0 aliphatic carbocycles. The van der Waals surface area contributed by atoms with Gasteiger partial charge in [-0.1, -0.05) is 42.5 Å². The van der Waals surface area contributed by atoms with Crippen LogP contribution in [0.3, 0.4) is 0 Å². The maximum atomic E-state index is 10.5. The molecule has 0 radical (unpaired) electrons. The third-order valence-electron chi connectivity index (χ3n) is 3.66. The molecular weight excluding hydrogens is 262 g/mol. The first-order valence-corrected chi connectivity index (χ1v) is 6.83. The van der Waals surface area contributed by atoms with Crippen molar-refractivity contribution >= 4 is 21.9 Å². The van der Waals surface area contributed by atoms with E-state index in [1.807, 2.05) is 60.7 Å². The molecule has 102 valence electrons. The summed E-state index contributed by atoms with van der Waals surface area (Å²) in [6.07, 6.45) is 1.01. The van der Waals surface area contributed by atoms with E-state index in [9.17, 15) is 5.11 Å². The third-order valence-corrected chi connectivity index (χ3v) is 3.66. The SMILES string of the molecule is OC(c1ccccc1)c1cc2cnc3ccccc3c2o1. The van der Waals surface area contributed by atoms with Gasteiger partial charge in [0.05, 0.1) is 5.52 Å². The van der Waals surface area contributed by atoms with Crippen LogP contribution < -0.4 is 0 Å². The molecule has 0 aliphatic rings. The largest absolute Gasteiger partial charge is 0.457 e. The molecule has 3 nitrogen and oxygen atoms in total. The van der Waals surface area contributed by atoms with Gasteiger partial charge in [0.15, 0.2) is 0 Å². The first-order valence-electron chi connectivity index (χ1n) is 6.83. The molecule has 3 heteroatoms. The highest BCUT2D eigenvalue weighted by Crippen LogP contribution is 2.31. The second-order valence-electron chi connectivity index (χ2n) is 5.02. The molecule has 1 N–H and O–H groups in total. The molecule has 0 saturated carbocycles. The molecule has 4 aromatic rings. The number of hydrogen-bond donors (Lipinski definition) is 1. The summed E-state index contributed by atoms with van der Waals surface area (Å²) in [7, 11) is 0. The van der Waals surface area contributed by atoms with Gasteiger partial charge < -0.3 is 9.52 Å². The van der Waals surface area contributed by atoms with E-state index in [1.165, 1.54) is 0 Å². The van der Waals surface area contributed by atoms with Crippen molar-refractivity contribution in [2.45, 2.75) is 6.10 Å². The van der Waals surface area contributed by atoms with Crippen molar-refractivity contribution in [3.8, 4) is 0 Å². The number of para-hydroxylation sites is 1. The fraction of sp³-hybridized carbons (Fsp3) is 0.0556. The van der Waals surface area contributed by atoms with Gasteiger partial charge in [0, 0.05) is 17.0 Å². The molecule has 0 fully saturated rings. The second kappa shape index (κ2) is 4.72. The Balaban J connectivity index is 1.89. The number of aromatic nitrogens is 1. The van der Waals surface area contributed by atoms with Crippen LogP contribution in [0.15, 0.2) is 71.3 Å². The van der Waals surface area contributed by atoms with Gasteiger partial charge in [0.2, 0.25) is 0 Å². The van der Waals surface area contributed by atoms with Crippen molar-refractivity contribution in [3.05, 3.63) is 78.2 Å². The highest BCUT2D eigenvalue weighted by atomic mass is 16.4. The Morgan fingerprint density at radius 3 is 2.57 bits per heavy atom. The van der Waals surface area contributed by atoms with E-state index < -0.39 is 6.10 Å². The Morgan fingerprint density at radius 1 is 0.952 bits per heavy atom. The van der Waals surface area contributed by atoms with Gasteiger partial charge in [-0.25, -0.2) is 0 Å². The van der Waals surface area contributed by atoms with Gasteiger partial charge in [-0.05, 0) is 23.8 Å². The Morgan fingerprint density at radius 2 is 1.71 bits per heavy atom. The quantitative estimate of drug-likeness (QED) is 0.600. The molecule has 1 unspecified atom stereocenters. The topological polar surface area (TPSA) is 46.3 Å². The van der Waals surface area contributed by atoms with E-state index in [4.69, 9.17) is 4.42 Å². The Kier molecular flexibility index (Phi) is 2.72. The molecule has 0 bridgehead atoms. The first kappa shape index (κ1) is 12.1. The number of aliphatic hydroxyl groups excluding tert-OH is 1. The molecule has 2 aromatic heterocycles. The summed E-state index contributed by atoms with van der Waals surface area (Å²) < 4.78 is 5.91. The number of nitrogens with zero attached hydrogens (tertiary/aromatic N) is 1. The fourth-order valence-electron chi connectivity index (χ4n) is 2.58. The number of pyridine rings is 1. The molecule has 1 atom stereocenters. The number of furan rings is 1. The summed E-state index contributed by atoms with van der Waals surface area (Å²) in [5.74, 6) is 0.536. The summed E-state index contributed by atoms with van der Waals surface area (Å²) in [6, 6.07) is 19.2. The zero-order valence-corrected chi connectivity index (χ0v) is 11.2. The number of benzene rings is 2. The van der Waals surface area contributed by atoms with Crippen LogP contribution in [0, 0.1) is 0 Å². The molecular formula is C18H13NO2. The molecule has 21 heavy (non-hydrogen) atoms. The highest BCUT2D eigenvalue weighted by Gasteiger charge is 2.16. The molecule has 2 aromatic carbocycles. The average molecular weight is 275 g/mol. The monoisotopic (exact) mass is 275 g/mol. The van der Waals surface area contributed by atoms with Crippen molar-refractivity contribution < 1.29 is 9.52 Å². The number of aliphatic hydroxyl groups is 1. The maximum absolute atomic E-state index is 10.5. The summed E-state index contributed by atoms with van der Waals surface area (Å²) in [5.41, 5.74) is 2.47. The van der Waals surface area contributed by atoms with Crippen molar-refractivity contribution in [3.63, 3.8) is 0 Å². The summed E-state index contributed by atoms with van der Waals surface area (Å²) in [6.45, 7) is 0. The lowest BCUT2D eigenvalue weighted by molar-refractivity contribution is 0.192. The number of rotatable bonds is 2. The Bertz CT molecular complexity index is 912. The van der Waals surface area contributed by atoms with Crippen LogP contribution in [0.1, 0.15) is 17.4 Å². The van der Waals surface area contributed by atoms with E-state index in [2.05, 4.69) is 4.98 Å². The van der Waals surface area contributed by atoms with Gasteiger partial charge in [-0.3, -0.25) is 4.98 Å². The van der Waals surface area contributed by atoms with Crippen molar-refractivity contribution in [2.75, 3.05) is 0 Å². The molecule has 4 rings (SSSR count). The van der Waals surface area contributed by atoms with E-state index in [-0.39, 0.29) is 0 Å². The Hall–Kier alpha value is -2.65. The van der Waals surface area contributed by atoms with Crippen LogP contribution in [0.2, 0.25) is 0 Å². The van der Waals surface area contributed by atoms with Crippen molar-refractivity contribution in [1.82, 2.24) is 4.98 Å². The summed E-state index contributed by atoms with van der Waals surface area (Å²) in [5, 5.41) is 12.3. The normalized spacial score (nSPS) is 12.8. The summed E-state index contributed by atoms with van der Waals surface area (Å²) in [4.78, 5) is 4.41. The zero-order chi connectivity index (χ0) is 14.2. The fourth-order valence-corrected chi connectivity index (χ4v) is 2.58. The van der Waals surface area contributed by atoms with Gasteiger partial charge in [-0.2, -0.15) is 0 Å². The van der Waals surface area contributed by atoms with E-state index in [1.54, 1.807) is 6.20 Å². The average Bonchev–Trinajstić information content (AvgIpc) is 2.99. The van der Waals surface area contributed by atoms with Gasteiger partial charge >= 0.3 is 0 Å². The second-order valence-corrected chi connectivity index (χ2v) is 5.02. The molecule has 0 amide bonds. The Labute approximate surface area is 121 Å². The predicted octanol–water partition coefficient (Wildman–Crippen LogP) is 4.06. The standard InChI is InChI=1S/C18H13NO2/c20-17(12-6-2-1-3-7-12)16-10-13-11-19-15-9-5-4-8-14(15)18(13)21-16/h1-11,17,20H. The zero-order valence-electron chi connectivity index (χ0n) is 11.2. The molecule has 0 aliphatic heterocycles. The number of fused-ring (bicyclic) bond motifs is 3. The van der Waals surface area contributed by atoms with Crippen LogP contribution in [0.5, 0.6) is 0 Å². The van der Waals surface area contributed by atoms with Crippen molar-refractivity contribution in [2.24, 2.45) is 0 Å². The maximum Gasteiger partial charge on any atom is 0.145 e. The molecule has 2 heterocycles. The minimum absolute atomic E-state index is 0.536. The molecule has 0 saturated heterocycles. The van der Waals surface area contributed by atoms with Crippen LogP contribution in [-0.4, -0.2) is 10.1 Å². The molecule has 0 spiro atoms. The van der Waals surface area contributed by atoms with Crippen molar-refractivity contribution in [1.29, 1.82) is 0 Å². The predicted molar refractivity (Wildman–Crippen MR) is 82.0 cm³/mol. The van der Waals surface area contributed by atoms with E-state index in [0.29, 0.717) is 5.76 Å². The minimum Gasteiger partial charge on any atom is -0.457 e. The lowest BCUT2D eigenvalue weighted by Crippen LogP contribution is -1.96. The number of hydrogen-bond acceptors (Lipinski definition) is 3. The van der Waals surface area contributed by atoms with Crippen LogP contribution >= 0.6 is 0 Å². The van der Waals surface area contributed by atoms with Crippen LogP contribution in [0.25, 0.3) is 21.9 Å². The van der Waals surface area contributed by atoms with Crippen LogP contribution in [-0.2, 0) is 0 Å². The van der Waals surface area contributed by atoms with E-state index in [0.717, 1.165) is 27.4 Å². The highest BCUT2D eigenvalue weighted by molar-refractivity contribution is 6.01.